The van der Waals surface area contributed by atoms with Crippen molar-refractivity contribution in [1.82, 2.24) is 5.32 Å². The van der Waals surface area contributed by atoms with Gasteiger partial charge in [-0.2, -0.15) is 8.78 Å². The highest BCUT2D eigenvalue weighted by Crippen LogP contribution is 2.26. The Morgan fingerprint density at radius 2 is 1.78 bits per heavy atom. The summed E-state index contributed by atoms with van der Waals surface area (Å²) in [5.41, 5.74) is -0.936. The monoisotopic (exact) mass is 257 g/mol. The molecule has 4 heteroatoms. The molecule has 1 atom stereocenters. The predicted molar refractivity (Wildman–Crippen MR) is 68.7 cm³/mol. The van der Waals surface area contributed by atoms with Gasteiger partial charge in [0, 0.05) is 12.1 Å². The van der Waals surface area contributed by atoms with E-state index in [2.05, 4.69) is 5.32 Å². The summed E-state index contributed by atoms with van der Waals surface area (Å²) >= 11 is 0. The van der Waals surface area contributed by atoms with Crippen LogP contribution in [0.4, 0.5) is 8.78 Å². The van der Waals surface area contributed by atoms with Crippen molar-refractivity contribution in [2.24, 2.45) is 0 Å². The van der Waals surface area contributed by atoms with Gasteiger partial charge in [-0.1, -0.05) is 43.7 Å². The van der Waals surface area contributed by atoms with Crippen LogP contribution in [0.5, 0.6) is 0 Å². The molecule has 1 unspecified atom stereocenters. The SMILES string of the molecule is CCCC(C)(O)CNCC(F)(F)c1ccccc1. The molecule has 0 saturated heterocycles. The Morgan fingerprint density at radius 3 is 2.33 bits per heavy atom. The Morgan fingerprint density at radius 1 is 1.17 bits per heavy atom. The highest BCUT2D eigenvalue weighted by atomic mass is 19.3. The van der Waals surface area contributed by atoms with Gasteiger partial charge in [0.05, 0.1) is 12.1 Å². The van der Waals surface area contributed by atoms with Gasteiger partial charge in [-0.05, 0) is 13.3 Å². The van der Waals surface area contributed by atoms with Crippen molar-refractivity contribution >= 4 is 0 Å². The number of aliphatic hydroxyl groups is 1. The van der Waals surface area contributed by atoms with E-state index < -0.39 is 18.1 Å². The minimum atomic E-state index is -2.91. The highest BCUT2D eigenvalue weighted by molar-refractivity contribution is 5.20. The molecule has 2 N–H and O–H groups in total. The average Bonchev–Trinajstić information content (AvgIpc) is 2.29. The summed E-state index contributed by atoms with van der Waals surface area (Å²) in [6.07, 6.45) is 1.42. The maximum atomic E-state index is 13.8. The first-order chi connectivity index (χ1) is 8.37. The van der Waals surface area contributed by atoms with E-state index in [1.807, 2.05) is 6.92 Å². The number of hydrogen-bond acceptors (Lipinski definition) is 2. The number of benzene rings is 1. The van der Waals surface area contributed by atoms with Crippen molar-refractivity contribution in [3.63, 3.8) is 0 Å². The Hall–Kier alpha value is -1.00. The van der Waals surface area contributed by atoms with Crippen LogP contribution in [-0.4, -0.2) is 23.8 Å². The largest absolute Gasteiger partial charge is 0.389 e. The normalized spacial score (nSPS) is 15.4. The van der Waals surface area contributed by atoms with Crippen molar-refractivity contribution in [1.29, 1.82) is 0 Å². The van der Waals surface area contributed by atoms with Gasteiger partial charge in [-0.3, -0.25) is 0 Å². The molecule has 0 radical (unpaired) electrons. The topological polar surface area (TPSA) is 32.3 Å². The van der Waals surface area contributed by atoms with Crippen molar-refractivity contribution in [3.05, 3.63) is 35.9 Å². The zero-order valence-electron chi connectivity index (χ0n) is 10.9. The first kappa shape index (κ1) is 15.1. The van der Waals surface area contributed by atoms with Gasteiger partial charge in [-0.25, -0.2) is 0 Å². The summed E-state index contributed by atoms with van der Waals surface area (Å²) < 4.78 is 27.5. The highest BCUT2D eigenvalue weighted by Gasteiger charge is 2.31. The molecule has 1 rings (SSSR count). The fourth-order valence-corrected chi connectivity index (χ4v) is 1.90. The molecule has 0 spiro atoms. The maximum absolute atomic E-state index is 13.8. The number of rotatable bonds is 7. The summed E-state index contributed by atoms with van der Waals surface area (Å²) in [6, 6.07) is 7.71. The Balaban J connectivity index is 2.48. The summed E-state index contributed by atoms with van der Waals surface area (Å²) in [7, 11) is 0. The molecule has 0 saturated carbocycles. The first-order valence-corrected chi connectivity index (χ1v) is 6.24. The second kappa shape index (κ2) is 6.25. The van der Waals surface area contributed by atoms with Crippen LogP contribution < -0.4 is 5.32 Å². The summed E-state index contributed by atoms with van der Waals surface area (Å²) in [6.45, 7) is 3.32. The quantitative estimate of drug-likeness (QED) is 0.787. The Bertz CT molecular complexity index is 352. The van der Waals surface area contributed by atoms with E-state index in [0.717, 1.165) is 6.42 Å². The molecule has 0 amide bonds. The predicted octanol–water partition coefficient (Wildman–Crippen LogP) is 2.92. The molecular weight excluding hydrogens is 236 g/mol. The van der Waals surface area contributed by atoms with E-state index in [1.165, 1.54) is 12.1 Å². The molecule has 2 nitrogen and oxygen atoms in total. The van der Waals surface area contributed by atoms with Gasteiger partial charge >= 0.3 is 0 Å². The third-order valence-electron chi connectivity index (χ3n) is 2.84. The second-order valence-electron chi connectivity index (χ2n) is 4.92. The summed E-state index contributed by atoms with van der Waals surface area (Å²) in [5.74, 6) is -2.91. The minimum Gasteiger partial charge on any atom is -0.389 e. The third-order valence-corrected chi connectivity index (χ3v) is 2.84. The molecule has 0 aromatic heterocycles. The summed E-state index contributed by atoms with van der Waals surface area (Å²) in [5, 5.41) is 12.5. The molecule has 0 aliphatic rings. The van der Waals surface area contributed by atoms with E-state index in [9.17, 15) is 13.9 Å². The number of alkyl halides is 2. The lowest BCUT2D eigenvalue weighted by Gasteiger charge is -2.25. The Kier molecular flexibility index (Phi) is 5.23. The van der Waals surface area contributed by atoms with E-state index in [1.54, 1.807) is 25.1 Å². The smallest absolute Gasteiger partial charge is 0.285 e. The van der Waals surface area contributed by atoms with Gasteiger partial charge in [0.2, 0.25) is 0 Å². The molecule has 0 aliphatic heterocycles. The van der Waals surface area contributed by atoms with Gasteiger partial charge in [0.25, 0.3) is 5.92 Å². The molecular formula is C14H21F2NO. The van der Waals surface area contributed by atoms with Crippen LogP contribution in [0.2, 0.25) is 0 Å². The second-order valence-corrected chi connectivity index (χ2v) is 4.92. The van der Waals surface area contributed by atoms with Gasteiger partial charge in [-0.15, -0.1) is 0 Å². The molecule has 1 aromatic carbocycles. The van der Waals surface area contributed by atoms with Gasteiger partial charge < -0.3 is 10.4 Å². The fraction of sp³-hybridized carbons (Fsp3) is 0.571. The summed E-state index contributed by atoms with van der Waals surface area (Å²) in [4.78, 5) is 0. The Labute approximate surface area is 107 Å². The molecule has 1 aromatic rings. The zero-order chi connectivity index (χ0) is 13.6. The number of hydrogen-bond donors (Lipinski definition) is 2. The molecule has 0 bridgehead atoms. The van der Waals surface area contributed by atoms with Crippen LogP contribution in [0, 0.1) is 0 Å². The van der Waals surface area contributed by atoms with E-state index in [0.29, 0.717) is 6.42 Å². The number of halogens is 2. The van der Waals surface area contributed by atoms with Crippen molar-refractivity contribution < 1.29 is 13.9 Å². The lowest BCUT2D eigenvalue weighted by Crippen LogP contribution is -2.41. The lowest BCUT2D eigenvalue weighted by atomic mass is 10.0. The van der Waals surface area contributed by atoms with Crippen molar-refractivity contribution in [2.75, 3.05) is 13.1 Å². The number of nitrogens with one attached hydrogen (secondary N) is 1. The van der Waals surface area contributed by atoms with E-state index >= 15 is 0 Å². The molecule has 0 aliphatic carbocycles. The zero-order valence-corrected chi connectivity index (χ0v) is 10.9. The molecule has 0 fully saturated rings. The van der Waals surface area contributed by atoms with Gasteiger partial charge in [0.1, 0.15) is 0 Å². The minimum absolute atomic E-state index is 0.00682. The van der Waals surface area contributed by atoms with Crippen LogP contribution in [0.15, 0.2) is 30.3 Å². The maximum Gasteiger partial charge on any atom is 0.285 e. The fourth-order valence-electron chi connectivity index (χ4n) is 1.90. The van der Waals surface area contributed by atoms with Crippen molar-refractivity contribution in [3.8, 4) is 0 Å². The first-order valence-electron chi connectivity index (χ1n) is 6.24. The standard InChI is InChI=1S/C14H21F2NO/c1-3-9-13(2,18)10-17-11-14(15,16)12-7-5-4-6-8-12/h4-8,17-18H,3,9-11H2,1-2H3. The average molecular weight is 257 g/mol. The van der Waals surface area contributed by atoms with Crippen LogP contribution in [0.3, 0.4) is 0 Å². The van der Waals surface area contributed by atoms with Crippen LogP contribution in [-0.2, 0) is 5.92 Å². The van der Waals surface area contributed by atoms with Crippen LogP contribution in [0.25, 0.3) is 0 Å². The van der Waals surface area contributed by atoms with E-state index in [4.69, 9.17) is 0 Å². The molecule has 18 heavy (non-hydrogen) atoms. The van der Waals surface area contributed by atoms with Gasteiger partial charge in [0.15, 0.2) is 0 Å². The van der Waals surface area contributed by atoms with E-state index in [-0.39, 0.29) is 12.1 Å². The lowest BCUT2D eigenvalue weighted by molar-refractivity contribution is -0.0131. The van der Waals surface area contributed by atoms with Crippen LogP contribution >= 0.6 is 0 Å². The van der Waals surface area contributed by atoms with Crippen LogP contribution in [0.1, 0.15) is 32.3 Å². The molecule has 102 valence electrons. The molecule has 0 heterocycles. The van der Waals surface area contributed by atoms with Crippen molar-refractivity contribution in [2.45, 2.75) is 38.2 Å². The third kappa shape index (κ3) is 4.70.